The van der Waals surface area contributed by atoms with Crippen LogP contribution in [0, 0.1) is 6.92 Å². The number of rotatable bonds is 8. The first-order chi connectivity index (χ1) is 12.3. The molecule has 134 valence electrons. The van der Waals surface area contributed by atoms with Crippen molar-refractivity contribution >= 4 is 10.8 Å². The maximum Gasteiger partial charge on any atom is 0.131 e. The van der Waals surface area contributed by atoms with Gasteiger partial charge in [-0.25, -0.2) is 0 Å². The van der Waals surface area contributed by atoms with Crippen molar-refractivity contribution in [2.75, 3.05) is 40.6 Å². The average Bonchev–Trinajstić information content (AvgIpc) is 2.63. The molecule has 2 aromatic rings. The summed E-state index contributed by atoms with van der Waals surface area (Å²) in [6.07, 6.45) is 6.13. The van der Waals surface area contributed by atoms with E-state index in [9.17, 15) is 0 Å². The molecule has 0 N–H and O–H groups in total. The maximum atomic E-state index is 6.15. The zero-order valence-electron chi connectivity index (χ0n) is 15.3. The summed E-state index contributed by atoms with van der Waals surface area (Å²) in [6.45, 7) is 4.33. The topological polar surface area (TPSA) is 36.9 Å². The van der Waals surface area contributed by atoms with E-state index in [0.717, 1.165) is 35.1 Å². The number of ether oxygens (including phenoxy) is 4. The van der Waals surface area contributed by atoms with Crippen LogP contribution < -0.4 is 9.47 Å². The third kappa shape index (κ3) is 3.80. The quantitative estimate of drug-likeness (QED) is 0.539. The molecule has 0 heterocycles. The van der Waals surface area contributed by atoms with Gasteiger partial charge in [0.1, 0.15) is 24.7 Å². The van der Waals surface area contributed by atoms with E-state index in [1.807, 2.05) is 0 Å². The van der Waals surface area contributed by atoms with Crippen LogP contribution in [0.3, 0.4) is 0 Å². The monoisotopic (exact) mass is 342 g/mol. The number of methoxy groups -OCH3 is 2. The molecule has 1 aliphatic carbocycles. The maximum absolute atomic E-state index is 6.15. The van der Waals surface area contributed by atoms with Crippen LogP contribution in [0.1, 0.15) is 16.7 Å². The fourth-order valence-corrected chi connectivity index (χ4v) is 3.26. The molecule has 0 saturated carbocycles. The molecule has 0 amide bonds. The highest BCUT2D eigenvalue weighted by atomic mass is 16.5. The van der Waals surface area contributed by atoms with E-state index in [4.69, 9.17) is 18.9 Å². The van der Waals surface area contributed by atoms with Gasteiger partial charge in [0, 0.05) is 36.1 Å². The summed E-state index contributed by atoms with van der Waals surface area (Å²) >= 11 is 0. The molecule has 0 unspecified atom stereocenters. The summed E-state index contributed by atoms with van der Waals surface area (Å²) in [5, 5.41) is 2.21. The minimum absolute atomic E-state index is 0.541. The minimum atomic E-state index is 0.541. The zero-order chi connectivity index (χ0) is 17.6. The Morgan fingerprint density at radius 3 is 1.88 bits per heavy atom. The number of hydrogen-bond acceptors (Lipinski definition) is 4. The third-order valence-electron chi connectivity index (χ3n) is 4.46. The standard InChI is InChI=1S/C21H26O4/c1-15-8-9-18-19(14-15)21(25-13-11-23-3)17-7-5-4-6-16(17)20(18)24-12-10-22-2/h4-5,8-9,14H,6-7,10-13H2,1-3H3. The lowest BCUT2D eigenvalue weighted by molar-refractivity contribution is 0.145. The van der Waals surface area contributed by atoms with Gasteiger partial charge in [0.2, 0.25) is 0 Å². The second kappa shape index (κ2) is 8.37. The normalized spacial score (nSPS) is 13.1. The molecule has 2 aromatic carbocycles. The van der Waals surface area contributed by atoms with Crippen LogP contribution in [0.25, 0.3) is 10.8 Å². The predicted octanol–water partition coefficient (Wildman–Crippen LogP) is 3.85. The fraction of sp³-hybridized carbons (Fsp3) is 0.429. The first-order valence-electron chi connectivity index (χ1n) is 8.72. The highest BCUT2D eigenvalue weighted by Gasteiger charge is 2.22. The van der Waals surface area contributed by atoms with Gasteiger partial charge in [-0.05, 0) is 25.8 Å². The number of benzene rings is 2. The summed E-state index contributed by atoms with van der Waals surface area (Å²) in [7, 11) is 3.38. The van der Waals surface area contributed by atoms with Gasteiger partial charge < -0.3 is 18.9 Å². The van der Waals surface area contributed by atoms with Crippen LogP contribution in [0.5, 0.6) is 11.5 Å². The third-order valence-corrected chi connectivity index (χ3v) is 4.46. The molecular formula is C21H26O4. The second-order valence-corrected chi connectivity index (χ2v) is 6.23. The highest BCUT2D eigenvalue weighted by molar-refractivity contribution is 5.97. The van der Waals surface area contributed by atoms with E-state index >= 15 is 0 Å². The second-order valence-electron chi connectivity index (χ2n) is 6.23. The lowest BCUT2D eigenvalue weighted by atomic mass is 9.90. The molecule has 0 saturated heterocycles. The van der Waals surface area contributed by atoms with Crippen molar-refractivity contribution in [1.82, 2.24) is 0 Å². The van der Waals surface area contributed by atoms with Crippen LogP contribution in [-0.4, -0.2) is 40.6 Å². The lowest BCUT2D eigenvalue weighted by Crippen LogP contribution is -2.12. The van der Waals surface area contributed by atoms with Crippen LogP contribution in [-0.2, 0) is 22.3 Å². The molecule has 25 heavy (non-hydrogen) atoms. The summed E-state index contributed by atoms with van der Waals surface area (Å²) in [5.74, 6) is 1.93. The summed E-state index contributed by atoms with van der Waals surface area (Å²) in [4.78, 5) is 0. The smallest absolute Gasteiger partial charge is 0.131 e. The number of allylic oxidation sites excluding steroid dienone is 2. The van der Waals surface area contributed by atoms with E-state index < -0.39 is 0 Å². The van der Waals surface area contributed by atoms with Crippen molar-refractivity contribution in [2.24, 2.45) is 0 Å². The van der Waals surface area contributed by atoms with E-state index in [1.165, 1.54) is 16.7 Å². The number of aryl methyl sites for hydroxylation is 1. The lowest BCUT2D eigenvalue weighted by Gasteiger charge is -2.23. The van der Waals surface area contributed by atoms with Crippen LogP contribution in [0.2, 0.25) is 0 Å². The van der Waals surface area contributed by atoms with E-state index in [0.29, 0.717) is 26.4 Å². The molecule has 0 fully saturated rings. The van der Waals surface area contributed by atoms with Crippen molar-refractivity contribution in [2.45, 2.75) is 19.8 Å². The molecule has 0 atom stereocenters. The molecule has 1 aliphatic rings. The van der Waals surface area contributed by atoms with Crippen molar-refractivity contribution < 1.29 is 18.9 Å². The Labute approximate surface area is 149 Å². The van der Waals surface area contributed by atoms with Crippen molar-refractivity contribution in [1.29, 1.82) is 0 Å². The van der Waals surface area contributed by atoms with Crippen LogP contribution in [0.4, 0.5) is 0 Å². The SMILES string of the molecule is COCCOc1c2c(c(OCCOC)c3cc(C)ccc13)CC=CC2. The molecule has 0 aromatic heterocycles. The van der Waals surface area contributed by atoms with Gasteiger partial charge in [0.05, 0.1) is 13.2 Å². The van der Waals surface area contributed by atoms with Gasteiger partial charge >= 0.3 is 0 Å². The van der Waals surface area contributed by atoms with Gasteiger partial charge in [-0.1, -0.05) is 29.8 Å². The Hall–Kier alpha value is -2.04. The molecule has 4 nitrogen and oxygen atoms in total. The largest absolute Gasteiger partial charge is 0.490 e. The van der Waals surface area contributed by atoms with E-state index in [1.54, 1.807) is 14.2 Å². The molecule has 0 aliphatic heterocycles. The molecule has 0 radical (unpaired) electrons. The van der Waals surface area contributed by atoms with E-state index in [2.05, 4.69) is 37.3 Å². The van der Waals surface area contributed by atoms with Gasteiger partial charge in [0.15, 0.2) is 0 Å². The zero-order valence-corrected chi connectivity index (χ0v) is 15.3. The average molecular weight is 342 g/mol. The first-order valence-corrected chi connectivity index (χ1v) is 8.72. The summed E-state index contributed by atoms with van der Waals surface area (Å²) < 4.78 is 22.6. The number of fused-ring (bicyclic) bond motifs is 2. The van der Waals surface area contributed by atoms with E-state index in [-0.39, 0.29) is 0 Å². The van der Waals surface area contributed by atoms with Gasteiger partial charge in [-0.2, -0.15) is 0 Å². The van der Waals surface area contributed by atoms with Gasteiger partial charge in [0.25, 0.3) is 0 Å². The Morgan fingerprint density at radius 1 is 0.760 bits per heavy atom. The Morgan fingerprint density at radius 2 is 1.32 bits per heavy atom. The van der Waals surface area contributed by atoms with Gasteiger partial charge in [-0.3, -0.25) is 0 Å². The van der Waals surface area contributed by atoms with Crippen molar-refractivity contribution in [3.8, 4) is 11.5 Å². The summed E-state index contributed by atoms with van der Waals surface area (Å²) in [5.41, 5.74) is 3.66. The summed E-state index contributed by atoms with van der Waals surface area (Å²) in [6, 6.07) is 6.43. The predicted molar refractivity (Wildman–Crippen MR) is 100.0 cm³/mol. The van der Waals surface area contributed by atoms with Crippen LogP contribution in [0.15, 0.2) is 30.4 Å². The highest BCUT2D eigenvalue weighted by Crippen LogP contribution is 2.43. The molecule has 4 heteroatoms. The molecule has 0 bridgehead atoms. The van der Waals surface area contributed by atoms with Crippen molar-refractivity contribution in [3.05, 3.63) is 47.0 Å². The van der Waals surface area contributed by atoms with Crippen molar-refractivity contribution in [3.63, 3.8) is 0 Å². The first kappa shape index (κ1) is 17.8. The Balaban J connectivity index is 2.13. The van der Waals surface area contributed by atoms with Gasteiger partial charge in [-0.15, -0.1) is 0 Å². The van der Waals surface area contributed by atoms with Crippen LogP contribution >= 0.6 is 0 Å². The molecular weight excluding hydrogens is 316 g/mol. The number of hydrogen-bond donors (Lipinski definition) is 0. The minimum Gasteiger partial charge on any atom is -0.490 e. The fourth-order valence-electron chi connectivity index (χ4n) is 3.26. The molecule has 0 spiro atoms. The molecule has 3 rings (SSSR count). The Kier molecular flexibility index (Phi) is 5.95. The Bertz CT molecular complexity index is 764.